The molecule has 0 spiro atoms. The molecule has 0 atom stereocenters. The molecule has 1 nitrogen and oxygen atoms in total. The van der Waals surface area contributed by atoms with Crippen LogP contribution in [-0.4, -0.2) is 0 Å². The molecule has 0 unspecified atom stereocenters. The molecule has 2 aromatic carbocycles. The zero-order chi connectivity index (χ0) is 14.7. The van der Waals surface area contributed by atoms with Gasteiger partial charge in [0.1, 0.15) is 6.61 Å². The standard InChI is InChI=1S/C16H15F3O/c1-10-3-6-12(7-4-10)9-20-13-8-5-11(2)14(15(13)17)16(18)19/h3-8,16H,9H2,1-2H3. The van der Waals surface area contributed by atoms with E-state index in [0.29, 0.717) is 0 Å². The minimum atomic E-state index is -2.85. The first kappa shape index (κ1) is 14.4. The van der Waals surface area contributed by atoms with Crippen LogP contribution < -0.4 is 4.74 Å². The summed E-state index contributed by atoms with van der Waals surface area (Å²) in [5.74, 6) is -1.13. The maximum absolute atomic E-state index is 13.9. The van der Waals surface area contributed by atoms with Crippen molar-refractivity contribution in [2.75, 3.05) is 0 Å². The Morgan fingerprint density at radius 2 is 1.65 bits per heavy atom. The maximum atomic E-state index is 13.9. The minimum absolute atomic E-state index is 0.142. The van der Waals surface area contributed by atoms with E-state index in [-0.39, 0.29) is 17.9 Å². The lowest BCUT2D eigenvalue weighted by Crippen LogP contribution is -2.02. The number of hydrogen-bond donors (Lipinski definition) is 0. The van der Waals surface area contributed by atoms with Gasteiger partial charge in [0.25, 0.3) is 6.43 Å². The zero-order valence-electron chi connectivity index (χ0n) is 11.3. The van der Waals surface area contributed by atoms with E-state index < -0.39 is 17.8 Å². The van der Waals surface area contributed by atoms with Gasteiger partial charge in [-0.2, -0.15) is 0 Å². The second-order valence-corrected chi connectivity index (χ2v) is 4.68. The van der Waals surface area contributed by atoms with Gasteiger partial charge < -0.3 is 4.74 Å². The highest BCUT2D eigenvalue weighted by molar-refractivity contribution is 5.38. The summed E-state index contributed by atoms with van der Waals surface area (Å²) in [4.78, 5) is 0. The van der Waals surface area contributed by atoms with Gasteiger partial charge in [-0.15, -0.1) is 0 Å². The van der Waals surface area contributed by atoms with Gasteiger partial charge in [0.05, 0.1) is 5.56 Å². The number of aryl methyl sites for hydroxylation is 2. The highest BCUT2D eigenvalue weighted by atomic mass is 19.3. The molecular formula is C16H15F3O. The number of rotatable bonds is 4. The van der Waals surface area contributed by atoms with Crippen molar-refractivity contribution in [2.45, 2.75) is 26.9 Å². The monoisotopic (exact) mass is 280 g/mol. The predicted octanol–water partition coefficient (Wildman–Crippen LogP) is 4.96. The Balaban J connectivity index is 2.18. The second-order valence-electron chi connectivity index (χ2n) is 4.68. The summed E-state index contributed by atoms with van der Waals surface area (Å²) in [6, 6.07) is 10.4. The van der Waals surface area contributed by atoms with Gasteiger partial charge in [0, 0.05) is 0 Å². The molecule has 0 N–H and O–H groups in total. The fourth-order valence-corrected chi connectivity index (χ4v) is 1.89. The molecule has 0 aliphatic rings. The number of hydrogen-bond acceptors (Lipinski definition) is 1. The van der Waals surface area contributed by atoms with E-state index >= 15 is 0 Å². The lowest BCUT2D eigenvalue weighted by Gasteiger charge is -2.12. The fourth-order valence-electron chi connectivity index (χ4n) is 1.89. The highest BCUT2D eigenvalue weighted by Gasteiger charge is 2.20. The van der Waals surface area contributed by atoms with Crippen LogP contribution in [0.4, 0.5) is 13.2 Å². The maximum Gasteiger partial charge on any atom is 0.267 e. The highest BCUT2D eigenvalue weighted by Crippen LogP contribution is 2.31. The molecule has 0 fully saturated rings. The Morgan fingerprint density at radius 1 is 1.00 bits per heavy atom. The van der Waals surface area contributed by atoms with E-state index in [4.69, 9.17) is 4.74 Å². The SMILES string of the molecule is Cc1ccc(COc2ccc(C)c(C(F)F)c2F)cc1. The summed E-state index contributed by atoms with van der Waals surface area (Å²) in [5.41, 5.74) is 1.59. The van der Waals surface area contributed by atoms with E-state index in [9.17, 15) is 13.2 Å². The first-order valence-electron chi connectivity index (χ1n) is 6.24. The van der Waals surface area contributed by atoms with Crippen molar-refractivity contribution < 1.29 is 17.9 Å². The van der Waals surface area contributed by atoms with Crippen molar-refractivity contribution in [3.8, 4) is 5.75 Å². The Bertz CT molecular complexity index is 591. The summed E-state index contributed by atoms with van der Waals surface area (Å²) >= 11 is 0. The number of halogens is 3. The summed E-state index contributed by atoms with van der Waals surface area (Å²) in [6.45, 7) is 3.55. The van der Waals surface area contributed by atoms with Crippen LogP contribution in [0.15, 0.2) is 36.4 Å². The molecule has 2 rings (SSSR count). The average Bonchev–Trinajstić information content (AvgIpc) is 2.39. The molecule has 106 valence electrons. The molecule has 0 aliphatic heterocycles. The third kappa shape index (κ3) is 3.13. The minimum Gasteiger partial charge on any atom is -0.486 e. The Kier molecular flexibility index (Phi) is 4.32. The first-order chi connectivity index (χ1) is 9.49. The topological polar surface area (TPSA) is 9.23 Å². The number of alkyl halides is 2. The molecule has 20 heavy (non-hydrogen) atoms. The Hall–Kier alpha value is -1.97. The largest absolute Gasteiger partial charge is 0.486 e. The van der Waals surface area contributed by atoms with Gasteiger partial charge in [0.15, 0.2) is 11.6 Å². The number of benzene rings is 2. The quantitative estimate of drug-likeness (QED) is 0.769. The molecule has 2 aromatic rings. The van der Waals surface area contributed by atoms with Crippen LogP contribution >= 0.6 is 0 Å². The normalized spacial score (nSPS) is 10.9. The van der Waals surface area contributed by atoms with Crippen molar-refractivity contribution in [3.63, 3.8) is 0 Å². The van der Waals surface area contributed by atoms with Crippen molar-refractivity contribution in [1.82, 2.24) is 0 Å². The molecule has 0 bridgehead atoms. The molecule has 0 amide bonds. The number of ether oxygens (including phenoxy) is 1. The van der Waals surface area contributed by atoms with Gasteiger partial charge in [-0.1, -0.05) is 35.9 Å². The van der Waals surface area contributed by atoms with Crippen molar-refractivity contribution in [2.24, 2.45) is 0 Å². The van der Waals surface area contributed by atoms with Gasteiger partial charge in [0.2, 0.25) is 0 Å². The van der Waals surface area contributed by atoms with Gasteiger partial charge >= 0.3 is 0 Å². The smallest absolute Gasteiger partial charge is 0.267 e. The second kappa shape index (κ2) is 5.99. The van der Waals surface area contributed by atoms with Crippen LogP contribution in [-0.2, 0) is 6.61 Å². The summed E-state index contributed by atoms with van der Waals surface area (Å²) in [7, 11) is 0. The third-order valence-electron chi connectivity index (χ3n) is 3.10. The van der Waals surface area contributed by atoms with Crippen molar-refractivity contribution in [1.29, 1.82) is 0 Å². The lowest BCUT2D eigenvalue weighted by atomic mass is 10.1. The Labute approximate surface area is 116 Å². The van der Waals surface area contributed by atoms with E-state index in [0.717, 1.165) is 11.1 Å². The van der Waals surface area contributed by atoms with Crippen LogP contribution in [0.25, 0.3) is 0 Å². The molecule has 0 radical (unpaired) electrons. The van der Waals surface area contributed by atoms with Gasteiger partial charge in [-0.25, -0.2) is 13.2 Å². The summed E-state index contributed by atoms with van der Waals surface area (Å²) in [5, 5.41) is 0. The van der Waals surface area contributed by atoms with Crippen LogP contribution in [0.3, 0.4) is 0 Å². The summed E-state index contributed by atoms with van der Waals surface area (Å²) in [6.07, 6.45) is -2.85. The van der Waals surface area contributed by atoms with Crippen LogP contribution in [0.5, 0.6) is 5.75 Å². The summed E-state index contributed by atoms with van der Waals surface area (Å²) < 4.78 is 44.8. The van der Waals surface area contributed by atoms with E-state index in [1.165, 1.54) is 19.1 Å². The van der Waals surface area contributed by atoms with E-state index in [1.54, 1.807) is 0 Å². The third-order valence-corrected chi connectivity index (χ3v) is 3.10. The predicted molar refractivity (Wildman–Crippen MR) is 71.6 cm³/mol. The van der Waals surface area contributed by atoms with Gasteiger partial charge in [-0.3, -0.25) is 0 Å². The first-order valence-corrected chi connectivity index (χ1v) is 6.24. The molecule has 0 heterocycles. The van der Waals surface area contributed by atoms with Gasteiger partial charge in [-0.05, 0) is 31.0 Å². The molecule has 0 aliphatic carbocycles. The van der Waals surface area contributed by atoms with E-state index in [2.05, 4.69) is 0 Å². The van der Waals surface area contributed by atoms with E-state index in [1.807, 2.05) is 31.2 Å². The molecule has 4 heteroatoms. The molecule has 0 saturated carbocycles. The molecular weight excluding hydrogens is 265 g/mol. The van der Waals surface area contributed by atoms with Crippen molar-refractivity contribution in [3.05, 3.63) is 64.5 Å². The lowest BCUT2D eigenvalue weighted by molar-refractivity contribution is 0.143. The average molecular weight is 280 g/mol. The van der Waals surface area contributed by atoms with Crippen LogP contribution in [0, 0.1) is 19.7 Å². The molecule has 0 saturated heterocycles. The van der Waals surface area contributed by atoms with Crippen molar-refractivity contribution >= 4 is 0 Å². The zero-order valence-corrected chi connectivity index (χ0v) is 11.3. The van der Waals surface area contributed by atoms with Crippen LogP contribution in [0.1, 0.15) is 28.7 Å². The fraction of sp³-hybridized carbons (Fsp3) is 0.250. The molecule has 0 aromatic heterocycles. The van der Waals surface area contributed by atoms with Crippen LogP contribution in [0.2, 0.25) is 0 Å². The Morgan fingerprint density at radius 3 is 2.25 bits per heavy atom.